The molecule has 0 saturated heterocycles. The molecule has 0 aromatic carbocycles. The van der Waals surface area contributed by atoms with E-state index in [9.17, 15) is 18.0 Å². The molecule has 24 heavy (non-hydrogen) atoms. The summed E-state index contributed by atoms with van der Waals surface area (Å²) in [6, 6.07) is 0.944. The van der Waals surface area contributed by atoms with Gasteiger partial charge in [-0.3, -0.25) is 0 Å². The molecule has 0 amide bonds. The molecule has 1 atom stereocenters. The van der Waals surface area contributed by atoms with Crippen molar-refractivity contribution in [3.63, 3.8) is 0 Å². The van der Waals surface area contributed by atoms with E-state index < -0.39 is 27.8 Å². The lowest BCUT2D eigenvalue weighted by molar-refractivity contribution is -0.156. The van der Waals surface area contributed by atoms with Gasteiger partial charge in [0.25, 0.3) is 0 Å². The van der Waals surface area contributed by atoms with Gasteiger partial charge in [-0.25, -0.2) is 4.79 Å². The highest BCUT2D eigenvalue weighted by Crippen LogP contribution is 2.26. The van der Waals surface area contributed by atoms with Crippen LogP contribution >= 0.6 is 0 Å². The molecule has 0 radical (unpaired) electrons. The van der Waals surface area contributed by atoms with Crippen LogP contribution in [0.25, 0.3) is 0 Å². The smallest absolute Gasteiger partial charge is 0.394 e. The summed E-state index contributed by atoms with van der Waals surface area (Å²) >= 11 is 0. The molecule has 0 spiro atoms. The van der Waals surface area contributed by atoms with Crippen molar-refractivity contribution in [2.45, 2.75) is 65.1 Å². The SMILES string of the molecule is CCOC(=O)C(=CCCCCCC=CC(C)C(F)(F)F)O[SiH2]CC. The Balaban J connectivity index is 4.02. The Bertz CT molecular complexity index is 406. The van der Waals surface area contributed by atoms with Gasteiger partial charge in [-0.1, -0.05) is 32.4 Å². The van der Waals surface area contributed by atoms with E-state index in [1.54, 1.807) is 19.1 Å². The minimum Gasteiger partial charge on any atom is -0.545 e. The van der Waals surface area contributed by atoms with Gasteiger partial charge in [0.2, 0.25) is 9.76 Å². The summed E-state index contributed by atoms with van der Waals surface area (Å²) in [6.07, 6.45) is 4.33. The zero-order valence-corrected chi connectivity index (χ0v) is 16.2. The summed E-state index contributed by atoms with van der Waals surface area (Å²) in [5, 5.41) is 0. The second-order valence-electron chi connectivity index (χ2n) is 5.53. The van der Waals surface area contributed by atoms with E-state index in [4.69, 9.17) is 9.16 Å². The molecule has 0 N–H and O–H groups in total. The lowest BCUT2D eigenvalue weighted by Gasteiger charge is -2.10. The highest BCUT2D eigenvalue weighted by molar-refractivity contribution is 6.28. The number of allylic oxidation sites excluding steroid dienone is 3. The highest BCUT2D eigenvalue weighted by Gasteiger charge is 2.33. The van der Waals surface area contributed by atoms with Crippen molar-refractivity contribution in [1.29, 1.82) is 0 Å². The van der Waals surface area contributed by atoms with Gasteiger partial charge in [-0.2, -0.15) is 13.2 Å². The van der Waals surface area contributed by atoms with Crippen LogP contribution in [0, 0.1) is 5.92 Å². The fraction of sp³-hybridized carbons (Fsp3) is 0.706. The first-order valence-corrected chi connectivity index (χ1v) is 10.1. The number of unbranched alkanes of at least 4 members (excludes halogenated alkanes) is 4. The van der Waals surface area contributed by atoms with Crippen LogP contribution in [0.1, 0.15) is 52.9 Å². The van der Waals surface area contributed by atoms with Crippen molar-refractivity contribution in [2.75, 3.05) is 6.61 Å². The van der Waals surface area contributed by atoms with E-state index in [0.717, 1.165) is 32.2 Å². The molecule has 0 aliphatic heterocycles. The number of hydrogen-bond donors (Lipinski definition) is 0. The van der Waals surface area contributed by atoms with Crippen LogP contribution in [-0.4, -0.2) is 28.5 Å². The van der Waals surface area contributed by atoms with Crippen LogP contribution in [0.4, 0.5) is 13.2 Å². The Labute approximate surface area is 145 Å². The Morgan fingerprint density at radius 2 is 1.83 bits per heavy atom. The third kappa shape index (κ3) is 11.3. The third-order valence-corrected chi connectivity index (χ3v) is 4.21. The molecule has 0 saturated carbocycles. The van der Waals surface area contributed by atoms with Gasteiger partial charge < -0.3 is 9.16 Å². The number of halogens is 3. The number of hydrogen-bond acceptors (Lipinski definition) is 3. The molecule has 0 aromatic rings. The van der Waals surface area contributed by atoms with Gasteiger partial charge >= 0.3 is 12.1 Å². The number of esters is 1. The van der Waals surface area contributed by atoms with Crippen LogP contribution in [0.5, 0.6) is 0 Å². The maximum Gasteiger partial charge on any atom is 0.394 e. The maximum atomic E-state index is 12.3. The van der Waals surface area contributed by atoms with E-state index in [2.05, 4.69) is 0 Å². The number of carbonyl (C=O) groups excluding carboxylic acids is 1. The molecule has 0 fully saturated rings. The van der Waals surface area contributed by atoms with Crippen LogP contribution in [-0.2, 0) is 14.0 Å². The third-order valence-electron chi connectivity index (χ3n) is 3.28. The standard InChI is InChI=1S/C17H29F3O3Si/c1-4-22-16(21)15(23-24-5-2)13-11-9-7-6-8-10-12-14(3)17(18,19)20/h10,12-14H,4-9,11,24H2,1-3H3. The van der Waals surface area contributed by atoms with Crippen LogP contribution in [0.2, 0.25) is 6.04 Å². The second-order valence-corrected chi connectivity index (χ2v) is 7.23. The molecular formula is C17H29F3O3Si. The second kappa shape index (κ2) is 13.1. The number of ether oxygens (including phenoxy) is 1. The topological polar surface area (TPSA) is 35.5 Å². The van der Waals surface area contributed by atoms with Gasteiger partial charge in [-0.15, -0.1) is 0 Å². The van der Waals surface area contributed by atoms with Gasteiger partial charge in [-0.05, 0) is 44.7 Å². The Hall–Kier alpha value is -1.24. The summed E-state index contributed by atoms with van der Waals surface area (Å²) in [4.78, 5) is 11.7. The van der Waals surface area contributed by atoms with E-state index >= 15 is 0 Å². The van der Waals surface area contributed by atoms with E-state index in [0.29, 0.717) is 25.2 Å². The van der Waals surface area contributed by atoms with E-state index in [1.807, 2.05) is 6.92 Å². The van der Waals surface area contributed by atoms with Crippen molar-refractivity contribution in [2.24, 2.45) is 5.92 Å². The predicted octanol–water partition coefficient (Wildman–Crippen LogP) is 4.68. The van der Waals surface area contributed by atoms with Gasteiger partial charge in [0.1, 0.15) is 0 Å². The van der Waals surface area contributed by atoms with Crippen LogP contribution in [0.3, 0.4) is 0 Å². The van der Waals surface area contributed by atoms with Crippen molar-refractivity contribution < 1.29 is 27.1 Å². The molecule has 0 heterocycles. The zero-order chi connectivity index (χ0) is 18.4. The molecule has 3 nitrogen and oxygen atoms in total. The predicted molar refractivity (Wildman–Crippen MR) is 92.3 cm³/mol. The summed E-state index contributed by atoms with van der Waals surface area (Å²) in [5.41, 5.74) is 0. The molecule has 140 valence electrons. The Morgan fingerprint density at radius 3 is 2.42 bits per heavy atom. The average Bonchev–Trinajstić information content (AvgIpc) is 2.51. The number of alkyl halides is 3. The summed E-state index contributed by atoms with van der Waals surface area (Å²) in [5.74, 6) is -1.50. The van der Waals surface area contributed by atoms with E-state index in [-0.39, 0.29) is 0 Å². The molecule has 0 aliphatic rings. The fourth-order valence-electron chi connectivity index (χ4n) is 1.84. The maximum absolute atomic E-state index is 12.3. The highest BCUT2D eigenvalue weighted by atomic mass is 28.2. The summed E-state index contributed by atoms with van der Waals surface area (Å²) in [7, 11) is -0.726. The largest absolute Gasteiger partial charge is 0.545 e. The molecule has 0 bridgehead atoms. The van der Waals surface area contributed by atoms with Crippen molar-refractivity contribution >= 4 is 15.7 Å². The lowest BCUT2D eigenvalue weighted by Crippen LogP contribution is -2.17. The van der Waals surface area contributed by atoms with Crippen molar-refractivity contribution in [1.82, 2.24) is 0 Å². The minimum absolute atomic E-state index is 0.310. The van der Waals surface area contributed by atoms with E-state index in [1.165, 1.54) is 6.08 Å². The summed E-state index contributed by atoms with van der Waals surface area (Å²) < 4.78 is 47.4. The first-order chi connectivity index (χ1) is 11.3. The molecule has 0 aromatic heterocycles. The quantitative estimate of drug-likeness (QED) is 0.126. The van der Waals surface area contributed by atoms with Crippen molar-refractivity contribution in [3.05, 3.63) is 24.0 Å². The molecule has 7 heteroatoms. The van der Waals surface area contributed by atoms with Gasteiger partial charge in [0.15, 0.2) is 5.76 Å². The van der Waals surface area contributed by atoms with Crippen LogP contribution in [0.15, 0.2) is 24.0 Å². The molecule has 1 unspecified atom stereocenters. The monoisotopic (exact) mass is 366 g/mol. The average molecular weight is 366 g/mol. The van der Waals surface area contributed by atoms with Gasteiger partial charge in [0.05, 0.1) is 12.5 Å². The van der Waals surface area contributed by atoms with Crippen LogP contribution < -0.4 is 0 Å². The molecular weight excluding hydrogens is 337 g/mol. The first kappa shape index (κ1) is 22.8. The first-order valence-electron chi connectivity index (χ1n) is 8.56. The number of carbonyl (C=O) groups is 1. The van der Waals surface area contributed by atoms with Gasteiger partial charge in [0, 0.05) is 0 Å². The molecule has 0 aliphatic carbocycles. The fourth-order valence-corrected chi connectivity index (χ4v) is 2.50. The normalized spacial score (nSPS) is 14.5. The lowest BCUT2D eigenvalue weighted by atomic mass is 10.1. The molecule has 0 rings (SSSR count). The number of rotatable bonds is 12. The van der Waals surface area contributed by atoms with Crippen molar-refractivity contribution in [3.8, 4) is 0 Å². The minimum atomic E-state index is -4.16. The Kier molecular flexibility index (Phi) is 12.4. The Morgan fingerprint density at radius 1 is 1.17 bits per heavy atom. The zero-order valence-electron chi connectivity index (χ0n) is 14.8. The summed E-state index contributed by atoms with van der Waals surface area (Å²) in [6.45, 7) is 5.23.